The van der Waals surface area contributed by atoms with Gasteiger partial charge in [0.1, 0.15) is 5.67 Å². The molecule has 156 valence electrons. The van der Waals surface area contributed by atoms with Crippen molar-refractivity contribution < 1.29 is 14.3 Å². The molecule has 4 rings (SSSR count). The number of hydrogen-bond acceptors (Lipinski definition) is 3. The second-order valence-electron chi connectivity index (χ2n) is 8.65. The molecule has 0 saturated heterocycles. The Morgan fingerprint density at radius 3 is 2.70 bits per heavy atom. The third kappa shape index (κ3) is 4.00. The minimum atomic E-state index is -1.33. The fraction of sp³-hybridized carbons (Fsp3) is 0.333. The van der Waals surface area contributed by atoms with E-state index in [0.29, 0.717) is 6.54 Å². The third-order valence-corrected chi connectivity index (χ3v) is 5.69. The van der Waals surface area contributed by atoms with Crippen LogP contribution in [-0.4, -0.2) is 44.4 Å². The van der Waals surface area contributed by atoms with Crippen LogP contribution in [0.5, 0.6) is 0 Å². The Kier molecular flexibility index (Phi) is 5.20. The number of aromatic amines is 1. The summed E-state index contributed by atoms with van der Waals surface area (Å²) < 4.78 is 14.7. The highest BCUT2D eigenvalue weighted by Crippen LogP contribution is 2.41. The van der Waals surface area contributed by atoms with E-state index >= 15 is 0 Å². The van der Waals surface area contributed by atoms with E-state index in [2.05, 4.69) is 28.1 Å². The van der Waals surface area contributed by atoms with Gasteiger partial charge < -0.3 is 5.11 Å². The zero-order valence-corrected chi connectivity index (χ0v) is 17.4. The normalized spacial score (nSPS) is 20.0. The van der Waals surface area contributed by atoms with Crippen molar-refractivity contribution in [2.75, 3.05) is 6.54 Å². The first-order chi connectivity index (χ1) is 14.2. The highest BCUT2D eigenvalue weighted by Gasteiger charge is 2.37. The van der Waals surface area contributed by atoms with Crippen molar-refractivity contribution in [1.82, 2.24) is 15.1 Å². The molecule has 0 amide bonds. The third-order valence-electron chi connectivity index (χ3n) is 5.69. The van der Waals surface area contributed by atoms with Crippen LogP contribution in [0.25, 0.3) is 17.0 Å². The Morgan fingerprint density at radius 1 is 1.30 bits per heavy atom. The molecule has 5 nitrogen and oxygen atoms in total. The number of carboxylic acids is 1. The van der Waals surface area contributed by atoms with Gasteiger partial charge in [0.2, 0.25) is 0 Å². The van der Waals surface area contributed by atoms with Gasteiger partial charge in [-0.2, -0.15) is 5.10 Å². The summed E-state index contributed by atoms with van der Waals surface area (Å²) in [6.45, 7) is 5.70. The Balaban J connectivity index is 1.81. The van der Waals surface area contributed by atoms with Crippen LogP contribution in [0, 0.1) is 0 Å². The van der Waals surface area contributed by atoms with Crippen LogP contribution in [0.1, 0.15) is 49.1 Å². The topological polar surface area (TPSA) is 69.2 Å². The fourth-order valence-corrected chi connectivity index (χ4v) is 4.43. The molecule has 6 heteroatoms. The molecule has 0 bridgehead atoms. The number of benzene rings is 2. The van der Waals surface area contributed by atoms with Gasteiger partial charge in [-0.15, -0.1) is 0 Å². The van der Waals surface area contributed by atoms with Crippen LogP contribution in [-0.2, 0) is 11.2 Å². The van der Waals surface area contributed by atoms with Gasteiger partial charge in [-0.3, -0.25) is 10.00 Å². The number of nitrogens with zero attached hydrogens (tertiary/aromatic N) is 2. The van der Waals surface area contributed by atoms with Crippen LogP contribution in [0.4, 0.5) is 4.39 Å². The van der Waals surface area contributed by atoms with Gasteiger partial charge >= 0.3 is 5.97 Å². The zero-order valence-electron chi connectivity index (χ0n) is 17.4. The van der Waals surface area contributed by atoms with Gasteiger partial charge in [0.05, 0.1) is 17.8 Å². The van der Waals surface area contributed by atoms with E-state index in [9.17, 15) is 9.18 Å². The van der Waals surface area contributed by atoms with E-state index in [4.69, 9.17) is 5.11 Å². The van der Waals surface area contributed by atoms with Crippen molar-refractivity contribution in [1.29, 1.82) is 0 Å². The Bertz CT molecular complexity index is 1100. The summed E-state index contributed by atoms with van der Waals surface area (Å²) in [7, 11) is 0. The first-order valence-corrected chi connectivity index (χ1v) is 10.1. The summed E-state index contributed by atoms with van der Waals surface area (Å²) in [4.78, 5) is 13.0. The summed E-state index contributed by atoms with van der Waals surface area (Å²) >= 11 is 0. The van der Waals surface area contributed by atoms with Crippen molar-refractivity contribution in [3.8, 4) is 0 Å². The molecule has 2 N–H and O–H groups in total. The number of aromatic nitrogens is 2. The molecule has 0 fully saturated rings. The number of hydrogen-bond donors (Lipinski definition) is 2. The predicted molar refractivity (Wildman–Crippen MR) is 116 cm³/mol. The van der Waals surface area contributed by atoms with Gasteiger partial charge in [0.15, 0.2) is 0 Å². The number of H-pyrrole nitrogens is 1. The summed E-state index contributed by atoms with van der Waals surface area (Å²) in [6, 6.07) is 12.0. The molecular formula is C24H26FN3O2. The second kappa shape index (κ2) is 7.69. The largest absolute Gasteiger partial charge is 0.478 e. The van der Waals surface area contributed by atoms with Crippen LogP contribution in [0.2, 0.25) is 0 Å². The molecule has 3 aromatic rings. The first kappa shape index (κ1) is 20.3. The van der Waals surface area contributed by atoms with E-state index in [1.165, 1.54) is 11.1 Å². The molecule has 0 spiro atoms. The molecule has 1 aliphatic rings. The minimum Gasteiger partial charge on any atom is -0.478 e. The monoisotopic (exact) mass is 407 g/mol. The smallest absolute Gasteiger partial charge is 0.328 e. The van der Waals surface area contributed by atoms with Crippen LogP contribution in [0.15, 0.2) is 48.7 Å². The van der Waals surface area contributed by atoms with Gasteiger partial charge in [-0.1, -0.05) is 30.3 Å². The maximum Gasteiger partial charge on any atom is 0.328 e. The highest BCUT2D eigenvalue weighted by atomic mass is 19.1. The maximum atomic E-state index is 14.7. The molecule has 2 atom stereocenters. The number of fused-ring (bicyclic) bond motifs is 3. The molecule has 30 heavy (non-hydrogen) atoms. The molecule has 0 saturated carbocycles. The van der Waals surface area contributed by atoms with E-state index in [0.717, 1.165) is 34.5 Å². The molecule has 0 aliphatic carbocycles. The Morgan fingerprint density at radius 2 is 2.03 bits per heavy atom. The van der Waals surface area contributed by atoms with Crippen molar-refractivity contribution >= 4 is 22.9 Å². The number of aliphatic carboxylic acids is 1. The van der Waals surface area contributed by atoms with Gasteiger partial charge in [0.25, 0.3) is 0 Å². The molecule has 0 unspecified atom stereocenters. The van der Waals surface area contributed by atoms with Crippen LogP contribution >= 0.6 is 0 Å². The fourth-order valence-electron chi connectivity index (χ4n) is 4.43. The number of carboxylic acid groups (broad SMARTS) is 1. The Labute approximate surface area is 175 Å². The number of halogens is 1. The summed E-state index contributed by atoms with van der Waals surface area (Å²) in [5, 5.41) is 17.2. The van der Waals surface area contributed by atoms with Crippen LogP contribution < -0.4 is 0 Å². The van der Waals surface area contributed by atoms with E-state index in [-0.39, 0.29) is 12.1 Å². The first-order valence-electron chi connectivity index (χ1n) is 10.1. The number of rotatable bonds is 5. The minimum absolute atomic E-state index is 0.0874. The Hall–Kier alpha value is -2.99. The standard InChI is InChI=1S/C24H26FN3O2/c1-15-12-19-18(9-10-21-20(19)13-26-27-21)23(28(15)14-24(2,3)25)17-7-4-16(5-8-17)6-11-22(29)30/h4-11,13,15,23H,12,14H2,1-3H3,(H,26,27)(H,29,30)/b11-6+/t15-,23+/m0/s1. The van der Waals surface area contributed by atoms with Crippen molar-refractivity contribution in [2.24, 2.45) is 0 Å². The van der Waals surface area contributed by atoms with Gasteiger partial charge in [-0.05, 0) is 61.6 Å². The SMILES string of the molecule is C[C@H]1Cc2c(ccc3[nH]ncc23)[C@@H](c2ccc(/C=C/C(=O)O)cc2)N1CC(C)(C)F. The molecular weight excluding hydrogens is 381 g/mol. The van der Waals surface area contributed by atoms with Crippen molar-refractivity contribution in [2.45, 2.75) is 44.9 Å². The van der Waals surface area contributed by atoms with E-state index in [1.54, 1.807) is 19.9 Å². The molecule has 2 aromatic carbocycles. The number of carbonyl (C=O) groups is 1. The molecule has 0 radical (unpaired) electrons. The summed E-state index contributed by atoms with van der Waals surface area (Å²) in [5.74, 6) is -0.977. The second-order valence-corrected chi connectivity index (χ2v) is 8.65. The summed E-state index contributed by atoms with van der Waals surface area (Å²) in [6.07, 6.45) is 5.40. The van der Waals surface area contributed by atoms with Crippen molar-refractivity contribution in [3.05, 3.63) is 70.9 Å². The molecule has 2 heterocycles. The average molecular weight is 407 g/mol. The van der Waals surface area contributed by atoms with Gasteiger partial charge in [-0.25, -0.2) is 9.18 Å². The lowest BCUT2D eigenvalue weighted by molar-refractivity contribution is -0.131. The van der Waals surface area contributed by atoms with Crippen LogP contribution in [0.3, 0.4) is 0 Å². The lowest BCUT2D eigenvalue weighted by Gasteiger charge is -2.44. The predicted octanol–water partition coefficient (Wildman–Crippen LogP) is 4.74. The number of alkyl halides is 1. The zero-order chi connectivity index (χ0) is 21.5. The van der Waals surface area contributed by atoms with Gasteiger partial charge in [0, 0.05) is 24.0 Å². The maximum absolute atomic E-state index is 14.7. The quantitative estimate of drug-likeness (QED) is 0.599. The lowest BCUT2D eigenvalue weighted by Crippen LogP contribution is -2.47. The highest BCUT2D eigenvalue weighted by molar-refractivity contribution is 5.85. The molecule has 1 aliphatic heterocycles. The lowest BCUT2D eigenvalue weighted by atomic mass is 9.83. The van der Waals surface area contributed by atoms with Crippen molar-refractivity contribution in [3.63, 3.8) is 0 Å². The molecule has 1 aromatic heterocycles. The van der Waals surface area contributed by atoms with E-state index < -0.39 is 11.6 Å². The summed E-state index contributed by atoms with van der Waals surface area (Å²) in [5.41, 5.74) is 3.97. The number of nitrogens with one attached hydrogen (secondary N) is 1. The van der Waals surface area contributed by atoms with E-state index in [1.807, 2.05) is 36.5 Å². The average Bonchev–Trinajstić information content (AvgIpc) is 3.16.